The number of hydrogen-bond donors (Lipinski definition) is 2. The summed E-state index contributed by atoms with van der Waals surface area (Å²) in [5.74, 6) is 0.380. The monoisotopic (exact) mass is 480 g/mol. The van der Waals surface area contributed by atoms with Gasteiger partial charge in [0.25, 0.3) is 0 Å². The fourth-order valence-corrected chi connectivity index (χ4v) is 6.49. The highest BCUT2D eigenvalue weighted by atomic mass is 32.1. The highest BCUT2D eigenvalue weighted by Crippen LogP contribution is 2.41. The molecule has 0 bridgehead atoms. The summed E-state index contributed by atoms with van der Waals surface area (Å²) in [7, 11) is 0. The van der Waals surface area contributed by atoms with E-state index in [2.05, 4.69) is 25.5 Å². The van der Waals surface area contributed by atoms with Crippen molar-refractivity contribution in [3.8, 4) is 0 Å². The van der Waals surface area contributed by atoms with Gasteiger partial charge in [0.05, 0.1) is 35.0 Å². The van der Waals surface area contributed by atoms with Gasteiger partial charge in [0.2, 0.25) is 5.91 Å². The van der Waals surface area contributed by atoms with Gasteiger partial charge in [0.1, 0.15) is 22.8 Å². The Bertz CT molecular complexity index is 1390. The first-order valence-electron chi connectivity index (χ1n) is 11.6. The second-order valence-corrected chi connectivity index (χ2v) is 10.3. The molecule has 3 aromatic heterocycles. The molecule has 0 saturated carbocycles. The van der Waals surface area contributed by atoms with Crippen LogP contribution in [0.15, 0.2) is 24.7 Å². The molecule has 1 aliphatic heterocycles. The smallest absolute Gasteiger partial charge is 0.226 e. The minimum atomic E-state index is -0.382. The van der Waals surface area contributed by atoms with Gasteiger partial charge in [0.15, 0.2) is 0 Å². The van der Waals surface area contributed by atoms with E-state index in [0.29, 0.717) is 36.5 Å². The van der Waals surface area contributed by atoms with Crippen molar-refractivity contribution in [2.45, 2.75) is 45.3 Å². The average molecular weight is 481 g/mol. The number of rotatable bonds is 3. The van der Waals surface area contributed by atoms with Gasteiger partial charge in [-0.1, -0.05) is 0 Å². The lowest BCUT2D eigenvalue weighted by Gasteiger charge is -2.37. The standard InChI is InChI=1S/C24H25FN6O2S/c1-12-9-31(10-13(2)33-12)24(32)14-3-4-16-20(6-14)34-23-21(16)22(26-11-27-23)29-19-5-15-8-28-30-18(15)7-17(19)25/h5,7-8,11-14H,3-4,6,9-10H2,1-2H3,(H,28,30)(H,26,27,29)/t12-,13+,14-/m0/s1. The Hall–Kier alpha value is -3.11. The van der Waals surface area contributed by atoms with Crippen molar-refractivity contribution in [2.75, 3.05) is 18.4 Å². The lowest BCUT2D eigenvalue weighted by molar-refractivity contribution is -0.147. The van der Waals surface area contributed by atoms with Crippen molar-refractivity contribution < 1.29 is 13.9 Å². The molecule has 1 aromatic carbocycles. The predicted octanol–water partition coefficient (Wildman–Crippen LogP) is 4.19. The molecule has 6 rings (SSSR count). The number of thiophene rings is 1. The highest BCUT2D eigenvalue weighted by molar-refractivity contribution is 7.19. The molecule has 1 aliphatic carbocycles. The summed E-state index contributed by atoms with van der Waals surface area (Å²) in [6.45, 7) is 5.32. The molecule has 0 spiro atoms. The maximum Gasteiger partial charge on any atom is 0.226 e. The molecule has 8 nitrogen and oxygen atoms in total. The molecule has 4 aromatic rings. The fraction of sp³-hybridized carbons (Fsp3) is 0.417. The van der Waals surface area contributed by atoms with Crippen molar-refractivity contribution in [1.82, 2.24) is 25.1 Å². The number of morpholine rings is 1. The van der Waals surface area contributed by atoms with Crippen LogP contribution in [0, 0.1) is 11.7 Å². The van der Waals surface area contributed by atoms with Gasteiger partial charge in [-0.15, -0.1) is 11.3 Å². The number of aromatic amines is 1. The number of ether oxygens (including phenoxy) is 1. The van der Waals surface area contributed by atoms with E-state index in [1.54, 1.807) is 23.6 Å². The van der Waals surface area contributed by atoms with E-state index < -0.39 is 0 Å². The Kier molecular flexibility index (Phi) is 5.22. The summed E-state index contributed by atoms with van der Waals surface area (Å²) in [5.41, 5.74) is 2.15. The molecule has 0 unspecified atom stereocenters. The maximum atomic E-state index is 14.7. The summed E-state index contributed by atoms with van der Waals surface area (Å²) in [6, 6.07) is 3.15. The maximum absolute atomic E-state index is 14.7. The third-order valence-corrected chi connectivity index (χ3v) is 7.87. The summed E-state index contributed by atoms with van der Waals surface area (Å²) < 4.78 is 20.5. The van der Waals surface area contributed by atoms with Crippen LogP contribution < -0.4 is 5.32 Å². The second kappa shape index (κ2) is 8.28. The first kappa shape index (κ1) is 21.4. The van der Waals surface area contributed by atoms with E-state index in [4.69, 9.17) is 4.74 Å². The van der Waals surface area contributed by atoms with Gasteiger partial charge in [-0.2, -0.15) is 5.10 Å². The zero-order valence-corrected chi connectivity index (χ0v) is 19.8. The molecule has 1 fully saturated rings. The number of benzene rings is 1. The summed E-state index contributed by atoms with van der Waals surface area (Å²) in [5, 5.41) is 11.7. The number of carbonyl (C=O) groups is 1. The first-order chi connectivity index (χ1) is 16.5. The van der Waals surface area contributed by atoms with Gasteiger partial charge in [-0.25, -0.2) is 14.4 Å². The topological polar surface area (TPSA) is 96.0 Å². The van der Waals surface area contributed by atoms with Gasteiger partial charge in [-0.3, -0.25) is 9.89 Å². The predicted molar refractivity (Wildman–Crippen MR) is 129 cm³/mol. The van der Waals surface area contributed by atoms with Crippen LogP contribution >= 0.6 is 11.3 Å². The van der Waals surface area contributed by atoms with E-state index in [0.717, 1.165) is 28.4 Å². The summed E-state index contributed by atoms with van der Waals surface area (Å²) >= 11 is 1.61. The van der Waals surface area contributed by atoms with Crippen molar-refractivity contribution in [3.05, 3.63) is 40.9 Å². The number of halogens is 1. The molecule has 3 atom stereocenters. The number of nitrogens with one attached hydrogen (secondary N) is 2. The lowest BCUT2D eigenvalue weighted by atomic mass is 9.86. The minimum Gasteiger partial charge on any atom is -0.372 e. The van der Waals surface area contributed by atoms with Crippen molar-refractivity contribution >= 4 is 49.9 Å². The van der Waals surface area contributed by atoms with E-state index in [1.165, 1.54) is 22.8 Å². The largest absolute Gasteiger partial charge is 0.372 e. The highest BCUT2D eigenvalue weighted by Gasteiger charge is 2.34. The number of hydrogen-bond acceptors (Lipinski definition) is 7. The van der Waals surface area contributed by atoms with Gasteiger partial charge < -0.3 is 15.0 Å². The molecule has 34 heavy (non-hydrogen) atoms. The molecule has 176 valence electrons. The summed E-state index contributed by atoms with van der Waals surface area (Å²) in [4.78, 5) is 26.2. The van der Waals surface area contributed by atoms with Gasteiger partial charge in [-0.05, 0) is 44.7 Å². The first-order valence-corrected chi connectivity index (χ1v) is 12.4. The Morgan fingerprint density at radius 2 is 2.09 bits per heavy atom. The zero-order valence-electron chi connectivity index (χ0n) is 19.0. The van der Waals surface area contributed by atoms with Crippen LogP contribution in [0.1, 0.15) is 30.7 Å². The molecule has 0 radical (unpaired) electrons. The molecule has 1 saturated heterocycles. The number of H-pyrrole nitrogens is 1. The number of amides is 1. The van der Waals surface area contributed by atoms with Crippen LogP contribution in [-0.4, -0.2) is 56.3 Å². The number of fused-ring (bicyclic) bond motifs is 4. The van der Waals surface area contributed by atoms with E-state index in [1.807, 2.05) is 18.7 Å². The normalized spacial score (nSPS) is 22.8. The number of nitrogens with zero attached hydrogens (tertiary/aromatic N) is 4. The quantitative estimate of drug-likeness (QED) is 0.457. The van der Waals surface area contributed by atoms with Gasteiger partial charge >= 0.3 is 0 Å². The van der Waals surface area contributed by atoms with Crippen LogP contribution in [0.3, 0.4) is 0 Å². The molecule has 4 heterocycles. The fourth-order valence-electron chi connectivity index (χ4n) is 5.22. The third kappa shape index (κ3) is 3.70. The lowest BCUT2D eigenvalue weighted by Crippen LogP contribution is -2.50. The number of carbonyl (C=O) groups excluding carboxylic acids is 1. The molecular formula is C24H25FN6O2S. The summed E-state index contributed by atoms with van der Waals surface area (Å²) in [6.07, 6.45) is 5.52. The van der Waals surface area contributed by atoms with Crippen LogP contribution in [0.4, 0.5) is 15.9 Å². The molecule has 2 aliphatic rings. The average Bonchev–Trinajstić information content (AvgIpc) is 3.41. The zero-order chi connectivity index (χ0) is 23.4. The van der Waals surface area contributed by atoms with Crippen LogP contribution in [0.5, 0.6) is 0 Å². The van der Waals surface area contributed by atoms with E-state index in [9.17, 15) is 9.18 Å². The Morgan fingerprint density at radius 1 is 1.26 bits per heavy atom. The third-order valence-electron chi connectivity index (χ3n) is 6.71. The molecule has 10 heteroatoms. The number of aryl methyl sites for hydroxylation is 1. The Morgan fingerprint density at radius 3 is 2.91 bits per heavy atom. The second-order valence-electron chi connectivity index (χ2n) is 9.26. The Labute approximate surface area is 199 Å². The van der Waals surface area contributed by atoms with E-state index in [-0.39, 0.29) is 29.9 Å². The van der Waals surface area contributed by atoms with Crippen molar-refractivity contribution in [3.63, 3.8) is 0 Å². The van der Waals surface area contributed by atoms with E-state index >= 15 is 0 Å². The van der Waals surface area contributed by atoms with Crippen LogP contribution in [-0.2, 0) is 22.4 Å². The number of anilines is 2. The van der Waals surface area contributed by atoms with Gasteiger partial charge in [0, 0.05) is 35.3 Å². The SMILES string of the molecule is C[C@@H]1CN(C(=O)[C@H]2CCc3c(sc4ncnc(Nc5cc6cn[nH]c6cc5F)c34)C2)C[C@H](C)O1. The van der Waals surface area contributed by atoms with Crippen LogP contribution in [0.2, 0.25) is 0 Å². The minimum absolute atomic E-state index is 0.0385. The Balaban J connectivity index is 1.29. The molecular weight excluding hydrogens is 455 g/mol. The van der Waals surface area contributed by atoms with Crippen molar-refractivity contribution in [2.24, 2.45) is 5.92 Å². The number of aromatic nitrogens is 4. The van der Waals surface area contributed by atoms with Crippen molar-refractivity contribution in [1.29, 1.82) is 0 Å². The molecule has 1 amide bonds. The molecule has 2 N–H and O–H groups in total. The van der Waals surface area contributed by atoms with Crippen LogP contribution in [0.25, 0.3) is 21.1 Å².